The van der Waals surface area contributed by atoms with Crippen molar-refractivity contribution in [1.82, 2.24) is 10.2 Å². The van der Waals surface area contributed by atoms with E-state index in [1.165, 1.54) is 4.90 Å². The van der Waals surface area contributed by atoms with Crippen molar-refractivity contribution in [2.75, 3.05) is 14.2 Å². The van der Waals surface area contributed by atoms with Gasteiger partial charge in [-0.25, -0.2) is 0 Å². The van der Waals surface area contributed by atoms with Gasteiger partial charge in [-0.05, 0) is 42.3 Å². The summed E-state index contributed by atoms with van der Waals surface area (Å²) in [6.45, 7) is 1.89. The first kappa shape index (κ1) is 17.5. The lowest BCUT2D eigenvalue weighted by Crippen LogP contribution is -2.62. The lowest BCUT2D eigenvalue weighted by atomic mass is 9.73. The summed E-state index contributed by atoms with van der Waals surface area (Å²) >= 11 is 0. The summed E-state index contributed by atoms with van der Waals surface area (Å²) in [7, 11) is 3.18. The second-order valence-electron chi connectivity index (χ2n) is 6.47. The third-order valence-corrected chi connectivity index (χ3v) is 4.91. The topological polar surface area (TPSA) is 89.2 Å². The minimum Gasteiger partial charge on any atom is -0.497 e. The number of likely N-dealkylation sites (N-methyl/N-ethyl adjacent to an activating group) is 1. The molecule has 6 nitrogen and oxygen atoms in total. The second kappa shape index (κ2) is 6.52. The Morgan fingerprint density at radius 3 is 2.58 bits per heavy atom. The number of rotatable bonds is 3. The fourth-order valence-electron chi connectivity index (χ4n) is 3.38. The van der Waals surface area contributed by atoms with Crippen molar-refractivity contribution < 1.29 is 9.53 Å². The van der Waals surface area contributed by atoms with Gasteiger partial charge < -0.3 is 10.1 Å². The van der Waals surface area contributed by atoms with Gasteiger partial charge in [0.1, 0.15) is 5.75 Å². The number of hydrogen-bond acceptors (Lipinski definition) is 4. The van der Waals surface area contributed by atoms with Crippen LogP contribution in [0.3, 0.4) is 0 Å². The molecule has 1 aliphatic heterocycles. The molecule has 1 heterocycles. The Hall–Kier alpha value is -3.33. The highest BCUT2D eigenvalue weighted by Gasteiger charge is 2.48. The second-order valence-corrected chi connectivity index (χ2v) is 6.47. The van der Waals surface area contributed by atoms with E-state index in [0.29, 0.717) is 11.3 Å². The van der Waals surface area contributed by atoms with Gasteiger partial charge in [-0.2, -0.15) is 5.26 Å². The number of benzene rings is 2. The number of guanidine groups is 1. The molecule has 1 saturated heterocycles. The van der Waals surface area contributed by atoms with E-state index >= 15 is 0 Å². The first-order valence-corrected chi connectivity index (χ1v) is 8.19. The number of carbonyl (C=O) groups is 1. The van der Waals surface area contributed by atoms with Crippen LogP contribution in [0.1, 0.15) is 29.5 Å². The molecule has 0 saturated carbocycles. The average molecular weight is 348 g/mol. The van der Waals surface area contributed by atoms with Crippen LogP contribution < -0.4 is 10.1 Å². The molecule has 6 heteroatoms. The van der Waals surface area contributed by atoms with Gasteiger partial charge in [0, 0.05) is 7.05 Å². The van der Waals surface area contributed by atoms with E-state index in [9.17, 15) is 10.1 Å². The minimum atomic E-state index is -0.859. The Morgan fingerprint density at radius 2 is 1.96 bits per heavy atom. The van der Waals surface area contributed by atoms with Crippen molar-refractivity contribution in [3.8, 4) is 11.8 Å². The maximum atomic E-state index is 13.1. The number of nitrogens with one attached hydrogen (secondary N) is 2. The summed E-state index contributed by atoms with van der Waals surface area (Å²) in [4.78, 5) is 14.4. The van der Waals surface area contributed by atoms with Gasteiger partial charge in [-0.3, -0.25) is 15.1 Å². The number of hydrogen-bond donors (Lipinski definition) is 2. The Balaban J connectivity index is 2.16. The summed E-state index contributed by atoms with van der Waals surface area (Å²) in [5.74, 6) is 0.00842. The summed E-state index contributed by atoms with van der Waals surface area (Å²) in [5.41, 5.74) is 1.25. The van der Waals surface area contributed by atoms with E-state index in [-0.39, 0.29) is 11.9 Å². The van der Waals surface area contributed by atoms with Crippen molar-refractivity contribution in [3.05, 3.63) is 65.2 Å². The molecule has 0 radical (unpaired) electrons. The number of amides is 1. The summed E-state index contributed by atoms with van der Waals surface area (Å²) in [6.07, 6.45) is 0. The molecule has 0 aliphatic carbocycles. The van der Waals surface area contributed by atoms with E-state index in [1.807, 2.05) is 37.3 Å². The van der Waals surface area contributed by atoms with Gasteiger partial charge in [-0.1, -0.05) is 24.3 Å². The molecule has 132 valence electrons. The maximum absolute atomic E-state index is 13.1. The molecule has 1 fully saturated rings. The van der Waals surface area contributed by atoms with Crippen molar-refractivity contribution in [2.24, 2.45) is 0 Å². The Kier molecular flexibility index (Phi) is 4.39. The predicted molar refractivity (Wildman–Crippen MR) is 97.9 cm³/mol. The highest BCUT2D eigenvalue weighted by atomic mass is 16.5. The number of carbonyl (C=O) groups excluding carboxylic acids is 1. The number of methoxy groups -OCH3 is 1. The summed E-state index contributed by atoms with van der Waals surface area (Å²) in [6, 6.07) is 16.6. The molecule has 2 N–H and O–H groups in total. The normalized spacial score (nSPS) is 22.5. The van der Waals surface area contributed by atoms with Gasteiger partial charge >= 0.3 is 0 Å². The van der Waals surface area contributed by atoms with Crippen molar-refractivity contribution in [2.45, 2.75) is 18.4 Å². The maximum Gasteiger partial charge on any atom is 0.239 e. The quantitative estimate of drug-likeness (QED) is 0.892. The third kappa shape index (κ3) is 2.78. The fraction of sp³-hybridized carbons (Fsp3) is 0.250. The highest BCUT2D eigenvalue weighted by Crippen LogP contribution is 2.41. The van der Waals surface area contributed by atoms with Crippen LogP contribution in [0.2, 0.25) is 0 Å². The monoisotopic (exact) mass is 348 g/mol. The predicted octanol–water partition coefficient (Wildman–Crippen LogP) is 2.56. The number of nitrogens with zero attached hydrogens (tertiary/aromatic N) is 2. The smallest absolute Gasteiger partial charge is 0.239 e. The molecule has 3 rings (SSSR count). The van der Waals surface area contributed by atoms with Crippen LogP contribution in [0, 0.1) is 16.7 Å². The zero-order valence-corrected chi connectivity index (χ0v) is 14.9. The van der Waals surface area contributed by atoms with E-state index < -0.39 is 11.5 Å². The van der Waals surface area contributed by atoms with E-state index in [2.05, 4.69) is 11.4 Å². The Bertz CT molecular complexity index is 901. The van der Waals surface area contributed by atoms with E-state index in [4.69, 9.17) is 10.1 Å². The van der Waals surface area contributed by atoms with Crippen LogP contribution in [0.25, 0.3) is 0 Å². The van der Waals surface area contributed by atoms with Gasteiger partial charge in [0.15, 0.2) is 5.96 Å². The van der Waals surface area contributed by atoms with Crippen LogP contribution in [0.5, 0.6) is 5.75 Å². The third-order valence-electron chi connectivity index (χ3n) is 4.91. The Morgan fingerprint density at radius 1 is 1.27 bits per heavy atom. The molecule has 2 aromatic carbocycles. The van der Waals surface area contributed by atoms with Crippen LogP contribution >= 0.6 is 0 Å². The van der Waals surface area contributed by atoms with Crippen LogP contribution in [0.15, 0.2) is 48.5 Å². The molecule has 26 heavy (non-hydrogen) atoms. The zero-order chi connectivity index (χ0) is 18.9. The minimum absolute atomic E-state index is 0.0321. The zero-order valence-electron chi connectivity index (χ0n) is 14.9. The average Bonchev–Trinajstić information content (AvgIpc) is 2.67. The first-order chi connectivity index (χ1) is 12.4. The summed E-state index contributed by atoms with van der Waals surface area (Å²) < 4.78 is 5.21. The van der Waals surface area contributed by atoms with Crippen molar-refractivity contribution in [3.63, 3.8) is 0 Å². The van der Waals surface area contributed by atoms with Crippen molar-refractivity contribution in [1.29, 1.82) is 10.7 Å². The molecular weight excluding hydrogens is 328 g/mol. The molecule has 0 bridgehead atoms. The Labute approximate surface area is 152 Å². The lowest BCUT2D eigenvalue weighted by molar-refractivity contribution is -0.131. The fourth-order valence-corrected chi connectivity index (χ4v) is 3.38. The molecular formula is C20H20N4O2. The van der Waals surface area contributed by atoms with Gasteiger partial charge in [0.25, 0.3) is 0 Å². The molecule has 1 amide bonds. The first-order valence-electron chi connectivity index (χ1n) is 8.19. The molecule has 2 atom stereocenters. The van der Waals surface area contributed by atoms with Gasteiger partial charge in [-0.15, -0.1) is 0 Å². The molecule has 2 aromatic rings. The van der Waals surface area contributed by atoms with Crippen molar-refractivity contribution >= 4 is 11.9 Å². The van der Waals surface area contributed by atoms with E-state index in [0.717, 1.165) is 11.1 Å². The lowest BCUT2D eigenvalue weighted by Gasteiger charge is -2.46. The molecule has 0 unspecified atom stereocenters. The molecule has 1 aliphatic rings. The SMILES string of the molecule is COc1ccc([C@@H]2C(=O)N(C)C(=N)N[C@]2(C)c2cccc(C#N)c2)cc1. The largest absolute Gasteiger partial charge is 0.497 e. The van der Waals surface area contributed by atoms with Crippen LogP contribution in [-0.2, 0) is 10.3 Å². The summed E-state index contributed by atoms with van der Waals surface area (Å²) in [5, 5.41) is 20.5. The number of ether oxygens (including phenoxy) is 1. The van der Waals surface area contributed by atoms with Gasteiger partial charge in [0.05, 0.1) is 30.2 Å². The van der Waals surface area contributed by atoms with Gasteiger partial charge in [0.2, 0.25) is 5.91 Å². The molecule has 0 aromatic heterocycles. The highest BCUT2D eigenvalue weighted by molar-refractivity contribution is 6.02. The van der Waals surface area contributed by atoms with Crippen LogP contribution in [-0.4, -0.2) is 30.9 Å². The molecule has 0 spiro atoms. The van der Waals surface area contributed by atoms with E-state index in [1.54, 1.807) is 32.4 Å². The standard InChI is InChI=1S/C20H20N4O2/c1-20(15-6-4-5-13(11-15)12-21)17(18(25)24(2)19(22)23-20)14-7-9-16(26-3)10-8-14/h4-11,17H,1-3H3,(H2,22,23)/t17-,20-/m1/s1. The number of nitriles is 1. The van der Waals surface area contributed by atoms with Crippen LogP contribution in [0.4, 0.5) is 0 Å².